The minimum absolute atomic E-state index is 0. The Balaban J connectivity index is 0.00000392. The van der Waals surface area contributed by atoms with Gasteiger partial charge in [0.15, 0.2) is 6.61 Å². The summed E-state index contributed by atoms with van der Waals surface area (Å²) in [4.78, 5) is 36.5. The molecular weight excluding hydrogens is 588 g/mol. The minimum atomic E-state index is -0.633. The van der Waals surface area contributed by atoms with Gasteiger partial charge in [0.05, 0.1) is 12.5 Å². The van der Waals surface area contributed by atoms with Gasteiger partial charge in [-0.2, -0.15) is 11.8 Å². The molecule has 6 unspecified atom stereocenters. The number of ether oxygens (including phenoxy) is 3. The van der Waals surface area contributed by atoms with E-state index in [9.17, 15) is 14.4 Å². The van der Waals surface area contributed by atoms with Crippen molar-refractivity contribution in [1.29, 1.82) is 5.41 Å². The van der Waals surface area contributed by atoms with Crippen LogP contribution in [-0.4, -0.2) is 43.9 Å². The number of rotatable bonds is 9. The van der Waals surface area contributed by atoms with Crippen LogP contribution in [0.2, 0.25) is 0 Å². The van der Waals surface area contributed by atoms with Crippen molar-refractivity contribution in [2.45, 2.75) is 52.6 Å². The fourth-order valence-corrected chi connectivity index (χ4v) is 4.30. The summed E-state index contributed by atoms with van der Waals surface area (Å²) >= 11 is 0. The second-order valence-corrected chi connectivity index (χ2v) is 7.67. The third kappa shape index (κ3) is 5.18. The number of nitrogens with one attached hydrogen (secondary N) is 1. The van der Waals surface area contributed by atoms with E-state index in [-0.39, 0.29) is 48.9 Å². The monoisotopic (exact) mass is 617 g/mol. The van der Waals surface area contributed by atoms with E-state index in [1.807, 2.05) is 27.2 Å². The van der Waals surface area contributed by atoms with Crippen LogP contribution in [0.5, 0.6) is 0 Å². The minimum Gasteiger partial charge on any atom is -0.518 e. The smallest absolute Gasteiger partial charge is 0.518 e. The van der Waals surface area contributed by atoms with Crippen molar-refractivity contribution in [2.24, 2.45) is 29.1 Å². The van der Waals surface area contributed by atoms with Crippen molar-refractivity contribution < 1.29 is 59.7 Å². The van der Waals surface area contributed by atoms with Gasteiger partial charge in [-0.3, -0.25) is 16.0 Å². The summed E-state index contributed by atoms with van der Waals surface area (Å²) < 4.78 is 15.5. The van der Waals surface area contributed by atoms with Crippen molar-refractivity contribution in [3.05, 3.63) is 6.42 Å². The molecule has 2 rings (SSSR count). The van der Waals surface area contributed by atoms with Crippen LogP contribution in [0.15, 0.2) is 0 Å². The second-order valence-electron chi connectivity index (χ2n) is 7.67. The van der Waals surface area contributed by atoms with E-state index in [2.05, 4.69) is 6.21 Å². The maximum Gasteiger partial charge on any atom is 2.00 e. The molecule has 2 aliphatic rings. The molecule has 0 aromatic carbocycles. The van der Waals surface area contributed by atoms with Gasteiger partial charge in [-0.25, -0.2) is 4.79 Å². The van der Waals surface area contributed by atoms with Gasteiger partial charge in [0.2, 0.25) is 0 Å². The van der Waals surface area contributed by atoms with Crippen LogP contribution < -0.4 is 0 Å². The van der Waals surface area contributed by atoms with E-state index in [0.717, 1.165) is 6.42 Å². The van der Waals surface area contributed by atoms with E-state index in [1.54, 1.807) is 0 Å². The van der Waals surface area contributed by atoms with Crippen LogP contribution in [0.1, 0.15) is 46.5 Å². The first-order valence-corrected chi connectivity index (χ1v) is 9.53. The molecule has 2 saturated carbocycles. The van der Waals surface area contributed by atoms with Crippen molar-refractivity contribution in [3.63, 3.8) is 0 Å². The first-order valence-electron chi connectivity index (χ1n) is 9.53. The van der Waals surface area contributed by atoms with Crippen LogP contribution in [0.4, 0.5) is 0 Å². The third-order valence-electron chi connectivity index (χ3n) is 6.02. The summed E-state index contributed by atoms with van der Waals surface area (Å²) in [7, 11) is 1.31. The number of carbonyl (C=O) groups excluding carboxylic acids is 3. The zero-order valence-corrected chi connectivity index (χ0v) is 21.1. The Kier molecular flexibility index (Phi) is 9.69. The molecule has 0 aromatic heterocycles. The quantitative estimate of drug-likeness (QED) is 0.185. The van der Waals surface area contributed by atoms with Gasteiger partial charge in [-0.1, -0.05) is 26.7 Å². The third-order valence-corrected chi connectivity index (χ3v) is 6.02. The maximum absolute atomic E-state index is 12.3. The average Bonchev–Trinajstić information content (AvgIpc) is 3.22. The number of esters is 3. The van der Waals surface area contributed by atoms with Gasteiger partial charge in [0, 0.05) is 5.92 Å². The molecule has 2 aliphatic carbocycles. The fourth-order valence-electron chi connectivity index (χ4n) is 4.30. The standard InChI is InChI=1S/C20H29NO6.U/c1-5-7-20(3,6-2)19(24)26-11-16(22)27-15-9-12-8-13(15)17(14(12)10-21)18(23)25-4;/h9,12-15,17,21H,5-8,11H2,1-4H3;/q-2;+2. The Morgan fingerprint density at radius 1 is 1.29 bits per heavy atom. The van der Waals surface area contributed by atoms with E-state index < -0.39 is 42.0 Å². The Morgan fingerprint density at radius 3 is 2.50 bits per heavy atom. The Labute approximate surface area is 190 Å². The molecule has 28 heavy (non-hydrogen) atoms. The van der Waals surface area contributed by atoms with Crippen LogP contribution in [-0.2, 0) is 28.6 Å². The predicted octanol–water partition coefficient (Wildman–Crippen LogP) is 2.44. The Morgan fingerprint density at radius 2 is 1.96 bits per heavy atom. The van der Waals surface area contributed by atoms with Crippen LogP contribution in [0, 0.1) is 72.0 Å². The summed E-state index contributed by atoms with van der Waals surface area (Å²) in [5.74, 6) is -2.58. The predicted molar refractivity (Wildman–Crippen MR) is 96.8 cm³/mol. The molecule has 6 atom stereocenters. The van der Waals surface area contributed by atoms with E-state index in [0.29, 0.717) is 19.3 Å². The van der Waals surface area contributed by atoms with Crippen molar-refractivity contribution in [2.75, 3.05) is 13.7 Å². The van der Waals surface area contributed by atoms with E-state index in [1.165, 1.54) is 7.11 Å². The molecule has 0 aliphatic heterocycles. The number of fused-ring (bicyclic) bond motifs is 2. The molecule has 154 valence electrons. The molecule has 0 amide bonds. The van der Waals surface area contributed by atoms with Gasteiger partial charge in [0.1, 0.15) is 0 Å². The van der Waals surface area contributed by atoms with Crippen LogP contribution in [0.25, 0.3) is 0 Å². The summed E-state index contributed by atoms with van der Waals surface area (Å²) in [5, 5.41) is 7.44. The first-order chi connectivity index (χ1) is 12.8. The van der Waals surface area contributed by atoms with Gasteiger partial charge in [0.25, 0.3) is 0 Å². The van der Waals surface area contributed by atoms with Crippen LogP contribution >= 0.6 is 0 Å². The van der Waals surface area contributed by atoms with E-state index in [4.69, 9.17) is 19.6 Å². The fraction of sp³-hybridized carbons (Fsp3) is 0.750. The van der Waals surface area contributed by atoms with Gasteiger partial charge in [-0.15, -0.1) is 0 Å². The zero-order chi connectivity index (χ0) is 20.2. The average molecular weight is 617 g/mol. The molecule has 0 radical (unpaired) electrons. The van der Waals surface area contributed by atoms with E-state index >= 15 is 0 Å². The summed E-state index contributed by atoms with van der Waals surface area (Å²) in [6.07, 6.45) is 6.56. The number of hydrogen-bond donors (Lipinski definition) is 1. The van der Waals surface area contributed by atoms with Crippen molar-refractivity contribution in [1.82, 2.24) is 0 Å². The zero-order valence-electron chi connectivity index (χ0n) is 16.9. The maximum atomic E-state index is 12.3. The molecule has 0 saturated heterocycles. The largest absolute Gasteiger partial charge is 2.00 e. The molecule has 2 bridgehead atoms. The first kappa shape index (κ1) is 25.2. The number of hydrogen-bond acceptors (Lipinski definition) is 7. The summed E-state index contributed by atoms with van der Waals surface area (Å²) in [6.45, 7) is 5.31. The normalized spacial score (nSPS) is 29.9. The number of carbonyl (C=O) groups is 3. The van der Waals surface area contributed by atoms with Gasteiger partial charge >= 0.3 is 49.0 Å². The molecule has 7 nitrogen and oxygen atoms in total. The topological polar surface area (TPSA) is 103 Å². The molecule has 0 heterocycles. The van der Waals surface area contributed by atoms with Crippen molar-refractivity contribution >= 4 is 24.1 Å². The number of methoxy groups -OCH3 is 1. The summed E-state index contributed by atoms with van der Waals surface area (Å²) in [6, 6.07) is 0. The SMILES string of the molecule is CCCC(C)(CC)C(=O)OCC(=O)OC1[CH-]C2CC1C(C(=O)OC)C2[C-]=N.[U+2]. The molecule has 2 fully saturated rings. The van der Waals surface area contributed by atoms with Crippen LogP contribution in [0.3, 0.4) is 0 Å². The molecule has 0 aromatic rings. The molecule has 8 heteroatoms. The Bertz CT molecular complexity index is 597. The summed E-state index contributed by atoms with van der Waals surface area (Å²) in [5.41, 5.74) is -0.601. The van der Waals surface area contributed by atoms with Gasteiger partial charge < -0.3 is 25.8 Å². The Hall–Kier alpha value is -0.868. The second kappa shape index (κ2) is 10.8. The van der Waals surface area contributed by atoms with Crippen molar-refractivity contribution in [3.8, 4) is 0 Å². The molecule has 0 spiro atoms. The van der Waals surface area contributed by atoms with Gasteiger partial charge in [-0.05, 0) is 31.8 Å². The molecule has 1 N–H and O–H groups in total. The molecular formula is C20H29NO6U.